The molecular weight excluding hydrogens is 272 g/mol. The van der Waals surface area contributed by atoms with Crippen LogP contribution >= 0.6 is 0 Å². The van der Waals surface area contributed by atoms with E-state index in [1.54, 1.807) is 6.07 Å². The van der Waals surface area contributed by atoms with Crippen LogP contribution in [0.2, 0.25) is 0 Å². The summed E-state index contributed by atoms with van der Waals surface area (Å²) in [5.41, 5.74) is 0.154. The summed E-state index contributed by atoms with van der Waals surface area (Å²) in [4.78, 5) is 15.4. The monoisotopic (exact) mass is 281 g/mol. The smallest absolute Gasteiger partial charge is 0.388 e. The minimum absolute atomic E-state index is 0.0968. The Balaban J connectivity index is 2.07. The van der Waals surface area contributed by atoms with Gasteiger partial charge in [0, 0.05) is 18.2 Å². The predicted molar refractivity (Wildman–Crippen MR) is 64.2 cm³/mol. The molecule has 0 aliphatic heterocycles. The van der Waals surface area contributed by atoms with E-state index in [1.165, 1.54) is 30.5 Å². The van der Waals surface area contributed by atoms with Crippen LogP contribution in [0.4, 0.5) is 14.5 Å². The van der Waals surface area contributed by atoms with Crippen LogP contribution in [0.3, 0.4) is 0 Å². The second-order valence-corrected chi connectivity index (χ2v) is 3.63. The quantitative estimate of drug-likeness (QED) is 0.681. The van der Waals surface area contributed by atoms with E-state index in [-0.39, 0.29) is 17.3 Å². The van der Waals surface area contributed by atoms with Crippen molar-refractivity contribution in [3.05, 3.63) is 53.6 Å². The molecule has 0 radical (unpaired) electrons. The summed E-state index contributed by atoms with van der Waals surface area (Å²) in [6.45, 7) is -2.97. The zero-order chi connectivity index (χ0) is 14.5. The molecule has 0 saturated carbocycles. The summed E-state index contributed by atoms with van der Waals surface area (Å²) in [7, 11) is 0. The highest BCUT2D eigenvalue weighted by atomic mass is 19.3. The lowest BCUT2D eigenvalue weighted by Gasteiger charge is -2.06. The van der Waals surface area contributed by atoms with Gasteiger partial charge >= 0.3 is 12.5 Å². The average molecular weight is 281 g/mol. The van der Waals surface area contributed by atoms with Crippen LogP contribution in [0.1, 0.15) is 10.5 Å². The highest BCUT2D eigenvalue weighted by Gasteiger charge is 2.15. The molecule has 6 nitrogen and oxygen atoms in total. The van der Waals surface area contributed by atoms with Gasteiger partial charge in [0.1, 0.15) is 0 Å². The maximum atomic E-state index is 11.9. The first-order valence-electron chi connectivity index (χ1n) is 5.46. The van der Waals surface area contributed by atoms with E-state index >= 15 is 0 Å². The zero-order valence-electron chi connectivity index (χ0n) is 9.99. The number of amides is 1. The number of anilines is 1. The molecule has 2 rings (SSSR count). The van der Waals surface area contributed by atoms with E-state index in [0.29, 0.717) is 4.73 Å². The molecule has 0 aliphatic rings. The SMILES string of the molecule is O=C(Nc1ccc(OC(F)F)nc1)c1cccc[n+]1[O-]. The Morgan fingerprint density at radius 2 is 2.15 bits per heavy atom. The Hall–Kier alpha value is -2.77. The van der Waals surface area contributed by atoms with E-state index in [9.17, 15) is 18.8 Å². The molecule has 0 bridgehead atoms. The number of carbonyl (C=O) groups is 1. The number of alkyl halides is 2. The molecule has 0 atom stereocenters. The van der Waals surface area contributed by atoms with Crippen molar-refractivity contribution in [2.24, 2.45) is 0 Å². The van der Waals surface area contributed by atoms with E-state index in [4.69, 9.17) is 0 Å². The summed E-state index contributed by atoms with van der Waals surface area (Å²) in [6.07, 6.45) is 2.33. The second-order valence-electron chi connectivity index (χ2n) is 3.63. The lowest BCUT2D eigenvalue weighted by atomic mass is 10.3. The molecule has 8 heteroatoms. The van der Waals surface area contributed by atoms with Crippen LogP contribution in [0, 0.1) is 5.21 Å². The second kappa shape index (κ2) is 5.91. The molecule has 104 valence electrons. The van der Waals surface area contributed by atoms with Crippen LogP contribution in [-0.2, 0) is 0 Å². The number of rotatable bonds is 4. The number of nitrogens with zero attached hydrogens (tertiary/aromatic N) is 2. The van der Waals surface area contributed by atoms with Gasteiger partial charge in [-0.2, -0.15) is 13.5 Å². The van der Waals surface area contributed by atoms with Gasteiger partial charge in [0.15, 0.2) is 6.20 Å². The maximum absolute atomic E-state index is 11.9. The van der Waals surface area contributed by atoms with Gasteiger partial charge in [0.2, 0.25) is 5.88 Å². The Bertz CT molecular complexity index is 605. The van der Waals surface area contributed by atoms with Crippen molar-refractivity contribution in [3.8, 4) is 5.88 Å². The van der Waals surface area contributed by atoms with Gasteiger partial charge in [-0.15, -0.1) is 0 Å². The number of nitrogens with one attached hydrogen (secondary N) is 1. The van der Waals surface area contributed by atoms with Gasteiger partial charge in [-0.3, -0.25) is 4.79 Å². The molecule has 0 aliphatic carbocycles. The molecular formula is C12H9F2N3O3. The van der Waals surface area contributed by atoms with Crippen LogP contribution in [0.25, 0.3) is 0 Å². The third-order valence-electron chi connectivity index (χ3n) is 2.26. The summed E-state index contributed by atoms with van der Waals surface area (Å²) in [5, 5.41) is 13.8. The number of halogens is 2. The topological polar surface area (TPSA) is 78.2 Å². The van der Waals surface area contributed by atoms with E-state index < -0.39 is 12.5 Å². The van der Waals surface area contributed by atoms with Crippen molar-refractivity contribution in [2.75, 3.05) is 5.32 Å². The molecule has 0 fully saturated rings. The number of carbonyl (C=O) groups excluding carboxylic acids is 1. The summed E-state index contributed by atoms with van der Waals surface area (Å²) in [6, 6.07) is 6.89. The van der Waals surface area contributed by atoms with Gasteiger partial charge in [0.05, 0.1) is 11.9 Å². The Morgan fingerprint density at radius 3 is 2.75 bits per heavy atom. The molecule has 20 heavy (non-hydrogen) atoms. The molecule has 2 aromatic rings. The molecule has 0 spiro atoms. The van der Waals surface area contributed by atoms with Crippen LogP contribution in [-0.4, -0.2) is 17.5 Å². The fraction of sp³-hybridized carbons (Fsp3) is 0.0833. The number of hydrogen-bond acceptors (Lipinski definition) is 4. The standard InChI is InChI=1S/C12H9F2N3O3/c13-12(14)20-10-5-4-8(7-15-10)16-11(18)9-3-1-2-6-17(9)19/h1-7,12H,(H,16,18). The lowest BCUT2D eigenvalue weighted by Crippen LogP contribution is -2.36. The number of aromatic nitrogens is 2. The first-order chi connectivity index (χ1) is 9.56. The van der Waals surface area contributed by atoms with Crippen molar-refractivity contribution in [1.29, 1.82) is 0 Å². The van der Waals surface area contributed by atoms with Gasteiger partial charge in [-0.1, -0.05) is 0 Å². The van der Waals surface area contributed by atoms with Gasteiger partial charge in [-0.25, -0.2) is 4.98 Å². The summed E-state index contributed by atoms with van der Waals surface area (Å²) >= 11 is 0. The third-order valence-corrected chi connectivity index (χ3v) is 2.26. The van der Waals surface area contributed by atoms with Gasteiger partial charge in [-0.05, 0) is 12.1 Å². The van der Waals surface area contributed by atoms with Crippen molar-refractivity contribution < 1.29 is 23.0 Å². The molecule has 0 unspecified atom stereocenters. The minimum atomic E-state index is -2.97. The number of hydrogen-bond donors (Lipinski definition) is 1. The molecule has 1 amide bonds. The largest absolute Gasteiger partial charge is 0.618 e. The van der Waals surface area contributed by atoms with Crippen LogP contribution < -0.4 is 14.8 Å². The van der Waals surface area contributed by atoms with Crippen molar-refractivity contribution in [1.82, 2.24) is 4.98 Å². The average Bonchev–Trinajstić information content (AvgIpc) is 2.41. The Labute approximate surface area is 112 Å². The predicted octanol–water partition coefficient (Wildman–Crippen LogP) is 1.57. The molecule has 2 heterocycles. The van der Waals surface area contributed by atoms with Crippen molar-refractivity contribution in [3.63, 3.8) is 0 Å². The fourth-order valence-electron chi connectivity index (χ4n) is 1.41. The normalized spacial score (nSPS) is 10.3. The number of ether oxygens (including phenoxy) is 1. The van der Waals surface area contributed by atoms with Crippen molar-refractivity contribution >= 4 is 11.6 Å². The first kappa shape index (κ1) is 13.7. The molecule has 2 aromatic heterocycles. The Kier molecular flexibility index (Phi) is 4.04. The van der Waals surface area contributed by atoms with E-state index in [1.807, 2.05) is 0 Å². The first-order valence-corrected chi connectivity index (χ1v) is 5.46. The highest BCUT2D eigenvalue weighted by Crippen LogP contribution is 2.14. The van der Waals surface area contributed by atoms with Crippen LogP contribution in [0.15, 0.2) is 42.7 Å². The zero-order valence-corrected chi connectivity index (χ0v) is 9.99. The van der Waals surface area contributed by atoms with Crippen LogP contribution in [0.5, 0.6) is 5.88 Å². The molecule has 0 saturated heterocycles. The summed E-state index contributed by atoms with van der Waals surface area (Å²) in [5.74, 6) is -0.901. The number of pyridine rings is 2. The maximum Gasteiger partial charge on any atom is 0.388 e. The third kappa shape index (κ3) is 3.37. The summed E-state index contributed by atoms with van der Waals surface area (Å²) < 4.78 is 28.3. The highest BCUT2D eigenvalue weighted by molar-refractivity contribution is 6.01. The Morgan fingerprint density at radius 1 is 1.35 bits per heavy atom. The van der Waals surface area contributed by atoms with Gasteiger partial charge in [0.25, 0.3) is 5.69 Å². The fourth-order valence-corrected chi connectivity index (χ4v) is 1.41. The molecule has 1 N–H and O–H groups in total. The van der Waals surface area contributed by atoms with Crippen molar-refractivity contribution in [2.45, 2.75) is 6.61 Å². The minimum Gasteiger partial charge on any atom is -0.618 e. The van der Waals surface area contributed by atoms with E-state index in [2.05, 4.69) is 15.0 Å². The van der Waals surface area contributed by atoms with Gasteiger partial charge < -0.3 is 15.3 Å². The molecule has 0 aromatic carbocycles. The lowest BCUT2D eigenvalue weighted by molar-refractivity contribution is -0.607. The van der Waals surface area contributed by atoms with E-state index in [0.717, 1.165) is 6.20 Å².